The second kappa shape index (κ2) is 9.50. The minimum absolute atomic E-state index is 0.0127. The molecule has 2 N–H and O–H groups in total. The van der Waals surface area contributed by atoms with Gasteiger partial charge in [-0.25, -0.2) is 0 Å². The van der Waals surface area contributed by atoms with Gasteiger partial charge < -0.3 is 24.4 Å². The summed E-state index contributed by atoms with van der Waals surface area (Å²) in [5.74, 6) is -2.69. The van der Waals surface area contributed by atoms with Crippen LogP contribution in [0.15, 0.2) is 22.8 Å². The molecule has 0 aliphatic heterocycles. The predicted molar refractivity (Wildman–Crippen MR) is 124 cm³/mol. The van der Waals surface area contributed by atoms with Gasteiger partial charge in [-0.1, -0.05) is 20.8 Å². The van der Waals surface area contributed by atoms with Crippen molar-refractivity contribution in [1.29, 1.82) is 0 Å². The molecule has 0 aromatic heterocycles. The number of fused-ring (bicyclic) bond motifs is 4. The highest BCUT2D eigenvalue weighted by molar-refractivity contribution is 6.01. The normalized spacial score (nSPS) is 38.1. The highest BCUT2D eigenvalue weighted by atomic mass is 16.6. The molecular formula is C26H36O9. The summed E-state index contributed by atoms with van der Waals surface area (Å²) in [6.45, 7) is 10.8. The minimum atomic E-state index is -1.56. The molecule has 0 aromatic rings. The highest BCUT2D eigenvalue weighted by Gasteiger charge is 2.56. The summed E-state index contributed by atoms with van der Waals surface area (Å²) in [5, 5.41) is 22.4. The molecule has 1 fully saturated rings. The van der Waals surface area contributed by atoms with Crippen molar-refractivity contribution in [2.45, 2.75) is 98.2 Å². The van der Waals surface area contributed by atoms with Crippen LogP contribution in [-0.2, 0) is 33.4 Å². The molecule has 0 unspecified atom stereocenters. The molecule has 0 amide bonds. The van der Waals surface area contributed by atoms with E-state index in [9.17, 15) is 29.4 Å². The fraction of sp³-hybridized carbons (Fsp3) is 0.692. The number of hydrogen-bond acceptors (Lipinski definition) is 9. The van der Waals surface area contributed by atoms with E-state index in [4.69, 9.17) is 14.2 Å². The van der Waals surface area contributed by atoms with Gasteiger partial charge in [-0.05, 0) is 37.0 Å². The van der Waals surface area contributed by atoms with Crippen molar-refractivity contribution in [3.8, 4) is 0 Å². The summed E-state index contributed by atoms with van der Waals surface area (Å²) in [6, 6.07) is 0. The number of aliphatic hydroxyl groups excluding tert-OH is 2. The molecule has 3 aliphatic carbocycles. The quantitative estimate of drug-likeness (QED) is 0.345. The lowest BCUT2D eigenvalue weighted by Crippen LogP contribution is -2.57. The molecule has 0 spiro atoms. The number of carbonyl (C=O) groups is 4. The van der Waals surface area contributed by atoms with Crippen molar-refractivity contribution in [2.24, 2.45) is 16.7 Å². The minimum Gasteiger partial charge on any atom is -0.462 e. The summed E-state index contributed by atoms with van der Waals surface area (Å²) < 4.78 is 16.7. The first-order chi connectivity index (χ1) is 16.1. The molecule has 0 aromatic carbocycles. The Morgan fingerprint density at radius 1 is 0.943 bits per heavy atom. The van der Waals surface area contributed by atoms with Gasteiger partial charge in [0, 0.05) is 49.5 Å². The second-order valence-electron chi connectivity index (χ2n) is 10.8. The van der Waals surface area contributed by atoms with Crippen LogP contribution in [0.25, 0.3) is 0 Å². The number of carbonyl (C=O) groups excluding carboxylic acids is 4. The topological polar surface area (TPSA) is 136 Å². The Labute approximate surface area is 205 Å². The zero-order valence-corrected chi connectivity index (χ0v) is 21.4. The van der Waals surface area contributed by atoms with Gasteiger partial charge in [-0.2, -0.15) is 0 Å². The molecule has 9 heteroatoms. The predicted octanol–water partition coefficient (Wildman–Crippen LogP) is 2.18. The fourth-order valence-electron chi connectivity index (χ4n) is 6.14. The Morgan fingerprint density at radius 3 is 2.06 bits per heavy atom. The summed E-state index contributed by atoms with van der Waals surface area (Å²) in [6.07, 6.45) is -3.08. The van der Waals surface area contributed by atoms with Crippen molar-refractivity contribution >= 4 is 23.7 Å². The van der Waals surface area contributed by atoms with Crippen molar-refractivity contribution in [1.82, 2.24) is 0 Å². The number of rotatable bonds is 3. The van der Waals surface area contributed by atoms with Crippen molar-refractivity contribution in [3.05, 3.63) is 22.8 Å². The van der Waals surface area contributed by atoms with Crippen LogP contribution in [0.5, 0.6) is 0 Å². The standard InChI is InChI=1S/C26H36O9/c1-12-19(33-13(2)27)9-17-20(34-14(3)28)8-16-11-26(7,21(10-18(16)30)35-15(4)29)24(32)23(31)22(12)25(17,5)6/h8,17-21,24,30,32H,9-11H2,1-7H3/b16-8+/t17-,18-,19-,20-,21-,24-,26-/m0/s1. The maximum atomic E-state index is 14.0. The number of esters is 3. The molecule has 194 valence electrons. The lowest BCUT2D eigenvalue weighted by atomic mass is 9.57. The maximum absolute atomic E-state index is 14.0. The van der Waals surface area contributed by atoms with Crippen molar-refractivity contribution in [2.75, 3.05) is 0 Å². The van der Waals surface area contributed by atoms with Gasteiger partial charge in [-0.15, -0.1) is 0 Å². The van der Waals surface area contributed by atoms with E-state index in [-0.39, 0.29) is 19.3 Å². The monoisotopic (exact) mass is 492 g/mol. The van der Waals surface area contributed by atoms with Gasteiger partial charge in [0.15, 0.2) is 5.78 Å². The Hall–Kier alpha value is -2.52. The average Bonchev–Trinajstić information content (AvgIpc) is 2.70. The first-order valence-electron chi connectivity index (χ1n) is 11.9. The van der Waals surface area contributed by atoms with E-state index in [1.54, 1.807) is 19.9 Å². The molecule has 3 rings (SSSR count). The maximum Gasteiger partial charge on any atom is 0.303 e. The molecule has 35 heavy (non-hydrogen) atoms. The fourth-order valence-corrected chi connectivity index (χ4v) is 6.14. The van der Waals surface area contributed by atoms with Gasteiger partial charge in [0.05, 0.1) is 6.10 Å². The van der Waals surface area contributed by atoms with Crippen LogP contribution in [0.2, 0.25) is 0 Å². The van der Waals surface area contributed by atoms with Crippen LogP contribution in [0, 0.1) is 16.7 Å². The van der Waals surface area contributed by atoms with Crippen LogP contribution in [0.1, 0.15) is 67.7 Å². The molecule has 3 aliphatic rings. The number of Topliss-reactive ketones (excluding diaryl/α,β-unsaturated/α-hetero) is 1. The summed E-state index contributed by atoms with van der Waals surface area (Å²) in [7, 11) is 0. The van der Waals surface area contributed by atoms with Crippen LogP contribution in [0.3, 0.4) is 0 Å². The number of hydrogen-bond donors (Lipinski definition) is 2. The van der Waals surface area contributed by atoms with E-state index in [0.29, 0.717) is 16.7 Å². The molecule has 0 heterocycles. The van der Waals surface area contributed by atoms with E-state index in [2.05, 4.69) is 0 Å². The molecule has 0 saturated heterocycles. The molecule has 0 radical (unpaired) electrons. The summed E-state index contributed by atoms with van der Waals surface area (Å²) in [4.78, 5) is 49.8. The van der Waals surface area contributed by atoms with Crippen LogP contribution < -0.4 is 0 Å². The number of ketones is 1. The zero-order valence-electron chi connectivity index (χ0n) is 21.4. The number of aliphatic hydroxyl groups is 2. The van der Waals surface area contributed by atoms with Gasteiger partial charge >= 0.3 is 17.9 Å². The van der Waals surface area contributed by atoms with E-state index in [1.807, 2.05) is 13.8 Å². The third kappa shape index (κ3) is 4.93. The highest BCUT2D eigenvalue weighted by Crippen LogP contribution is 2.53. The first kappa shape index (κ1) is 27.1. The van der Waals surface area contributed by atoms with Crippen LogP contribution in [-0.4, -0.2) is 64.4 Å². The Kier molecular flexibility index (Phi) is 7.35. The lowest BCUT2D eigenvalue weighted by molar-refractivity contribution is -0.171. The van der Waals surface area contributed by atoms with Crippen molar-refractivity contribution in [3.63, 3.8) is 0 Å². The second-order valence-corrected chi connectivity index (χ2v) is 10.8. The van der Waals surface area contributed by atoms with Gasteiger partial charge in [-0.3, -0.25) is 19.2 Å². The molecule has 7 atom stereocenters. The van der Waals surface area contributed by atoms with E-state index < -0.39 is 71.0 Å². The molecule has 1 saturated carbocycles. The van der Waals surface area contributed by atoms with Gasteiger partial charge in [0.25, 0.3) is 0 Å². The Bertz CT molecular complexity index is 991. The third-order valence-electron chi connectivity index (χ3n) is 7.92. The summed E-state index contributed by atoms with van der Waals surface area (Å²) >= 11 is 0. The summed E-state index contributed by atoms with van der Waals surface area (Å²) in [5.41, 5.74) is -0.821. The van der Waals surface area contributed by atoms with E-state index in [0.717, 1.165) is 0 Å². The smallest absolute Gasteiger partial charge is 0.303 e. The van der Waals surface area contributed by atoms with Crippen LogP contribution >= 0.6 is 0 Å². The average molecular weight is 493 g/mol. The zero-order chi connectivity index (χ0) is 26.5. The molecule has 9 nitrogen and oxygen atoms in total. The van der Waals surface area contributed by atoms with Crippen LogP contribution in [0.4, 0.5) is 0 Å². The SMILES string of the molecule is CC(=O)O[C@H]1C[C@H]2[C@@H](OC(C)=O)/C=C3\C[C@@](C)([C@@H](OC(C)=O)C[C@@H]3O)[C@@H](O)C(=O)C(=C1C)C2(C)C. The van der Waals surface area contributed by atoms with E-state index >= 15 is 0 Å². The Balaban J connectivity index is 2.29. The lowest BCUT2D eigenvalue weighted by Gasteiger charge is -2.51. The first-order valence-corrected chi connectivity index (χ1v) is 11.9. The molecule has 4 bridgehead atoms. The van der Waals surface area contributed by atoms with Crippen molar-refractivity contribution < 1.29 is 43.6 Å². The van der Waals surface area contributed by atoms with Gasteiger partial charge in [0.1, 0.15) is 24.4 Å². The number of ether oxygens (including phenoxy) is 3. The third-order valence-corrected chi connectivity index (χ3v) is 7.92. The largest absolute Gasteiger partial charge is 0.462 e. The van der Waals surface area contributed by atoms with Gasteiger partial charge in [0.2, 0.25) is 0 Å². The Morgan fingerprint density at radius 2 is 1.51 bits per heavy atom. The van der Waals surface area contributed by atoms with E-state index in [1.165, 1.54) is 20.8 Å². The molecular weight excluding hydrogens is 456 g/mol.